The first-order valence-corrected chi connectivity index (χ1v) is 11.0. The first-order chi connectivity index (χ1) is 13.8. The van der Waals surface area contributed by atoms with E-state index in [9.17, 15) is 0 Å². The van der Waals surface area contributed by atoms with Crippen LogP contribution in [0.2, 0.25) is 0 Å². The molecule has 1 N–H and O–H groups in total. The molecule has 0 spiro atoms. The Morgan fingerprint density at radius 2 is 1.96 bits per heavy atom. The predicted molar refractivity (Wildman–Crippen MR) is 113 cm³/mol. The highest BCUT2D eigenvalue weighted by atomic mass is 16.5. The molecule has 1 aromatic carbocycles. The van der Waals surface area contributed by atoms with Crippen molar-refractivity contribution < 1.29 is 4.52 Å². The molecule has 3 aromatic rings. The molecule has 5 heteroatoms. The molecule has 0 radical (unpaired) electrons. The molecule has 0 aliphatic carbocycles. The first kappa shape index (κ1) is 19.2. The summed E-state index contributed by atoms with van der Waals surface area (Å²) in [5.41, 5.74) is 2.31. The van der Waals surface area contributed by atoms with Gasteiger partial charge in [0, 0.05) is 29.2 Å². The van der Waals surface area contributed by atoms with Gasteiger partial charge in [-0.25, -0.2) is 0 Å². The molecule has 3 heterocycles. The molecule has 1 fully saturated rings. The minimum absolute atomic E-state index is 0.216. The largest absolute Gasteiger partial charge is 0.347 e. The van der Waals surface area contributed by atoms with E-state index >= 15 is 0 Å². The van der Waals surface area contributed by atoms with E-state index < -0.39 is 0 Å². The Morgan fingerprint density at radius 3 is 2.79 bits per heavy atom. The van der Waals surface area contributed by atoms with Crippen LogP contribution in [0.5, 0.6) is 0 Å². The fourth-order valence-corrected chi connectivity index (χ4v) is 4.16. The van der Waals surface area contributed by atoms with Crippen LogP contribution in [-0.2, 0) is 6.54 Å². The molecule has 28 heavy (non-hydrogen) atoms. The lowest BCUT2D eigenvalue weighted by molar-refractivity contribution is 0.345. The number of hydrogen-bond acceptors (Lipinski definition) is 4. The second-order valence-corrected chi connectivity index (χ2v) is 8.01. The number of nitrogens with one attached hydrogen (secondary N) is 1. The minimum atomic E-state index is 0.216. The SMILES string of the molecule is CCCCCCCCCn1ccc2cc(-c3noc([C@@H]4CCCN4)n3)ccc21. The summed E-state index contributed by atoms with van der Waals surface area (Å²) in [6.45, 7) is 4.39. The zero-order chi connectivity index (χ0) is 19.2. The maximum absolute atomic E-state index is 5.49. The number of fused-ring (bicyclic) bond motifs is 1. The lowest BCUT2D eigenvalue weighted by Crippen LogP contribution is -2.12. The van der Waals surface area contributed by atoms with Crippen molar-refractivity contribution >= 4 is 10.9 Å². The van der Waals surface area contributed by atoms with Crippen LogP contribution in [0.25, 0.3) is 22.3 Å². The fourth-order valence-electron chi connectivity index (χ4n) is 4.16. The third-order valence-corrected chi connectivity index (χ3v) is 5.83. The summed E-state index contributed by atoms with van der Waals surface area (Å²) in [5, 5.41) is 8.85. The van der Waals surface area contributed by atoms with Crippen molar-refractivity contribution in [2.24, 2.45) is 0 Å². The normalized spacial score (nSPS) is 17.0. The van der Waals surface area contributed by atoms with Crippen LogP contribution in [-0.4, -0.2) is 21.3 Å². The molecule has 1 aliphatic heterocycles. The lowest BCUT2D eigenvalue weighted by Gasteiger charge is -2.06. The van der Waals surface area contributed by atoms with E-state index in [0.29, 0.717) is 11.7 Å². The topological polar surface area (TPSA) is 55.9 Å². The number of benzene rings is 1. The van der Waals surface area contributed by atoms with Crippen molar-refractivity contribution in [3.05, 3.63) is 36.4 Å². The molecule has 0 saturated carbocycles. The van der Waals surface area contributed by atoms with Crippen LogP contribution in [0.1, 0.15) is 76.6 Å². The van der Waals surface area contributed by atoms with Crippen LogP contribution in [0.4, 0.5) is 0 Å². The quantitative estimate of drug-likeness (QED) is 0.447. The zero-order valence-corrected chi connectivity index (χ0v) is 17.0. The van der Waals surface area contributed by atoms with Crippen LogP contribution in [0.3, 0.4) is 0 Å². The summed E-state index contributed by atoms with van der Waals surface area (Å²) in [7, 11) is 0. The van der Waals surface area contributed by atoms with Gasteiger partial charge in [-0.3, -0.25) is 0 Å². The van der Waals surface area contributed by atoms with Crippen molar-refractivity contribution in [3.8, 4) is 11.4 Å². The smallest absolute Gasteiger partial charge is 0.244 e. The van der Waals surface area contributed by atoms with Gasteiger partial charge in [0.1, 0.15) is 0 Å². The number of aromatic nitrogens is 3. The predicted octanol–water partition coefficient (Wildman–Crippen LogP) is 5.87. The van der Waals surface area contributed by atoms with Gasteiger partial charge >= 0.3 is 0 Å². The summed E-state index contributed by atoms with van der Waals surface area (Å²) < 4.78 is 7.86. The van der Waals surface area contributed by atoms with Crippen LogP contribution >= 0.6 is 0 Å². The Bertz CT molecular complexity index is 876. The Labute approximate surface area is 167 Å². The molecule has 4 rings (SSSR count). The van der Waals surface area contributed by atoms with Gasteiger partial charge in [0.15, 0.2) is 0 Å². The monoisotopic (exact) mass is 380 g/mol. The summed E-state index contributed by atoms with van der Waals surface area (Å²) in [6.07, 6.45) is 13.8. The zero-order valence-electron chi connectivity index (χ0n) is 17.0. The van der Waals surface area contributed by atoms with E-state index in [-0.39, 0.29) is 6.04 Å². The fraction of sp³-hybridized carbons (Fsp3) is 0.565. The van der Waals surface area contributed by atoms with E-state index in [0.717, 1.165) is 25.1 Å². The van der Waals surface area contributed by atoms with Crippen LogP contribution < -0.4 is 5.32 Å². The summed E-state index contributed by atoms with van der Waals surface area (Å²) >= 11 is 0. The Hall–Kier alpha value is -2.14. The second kappa shape index (κ2) is 9.37. The molecule has 5 nitrogen and oxygen atoms in total. The van der Waals surface area contributed by atoms with Crippen molar-refractivity contribution in [1.29, 1.82) is 0 Å². The lowest BCUT2D eigenvalue weighted by atomic mass is 10.1. The highest BCUT2D eigenvalue weighted by Crippen LogP contribution is 2.27. The molecule has 150 valence electrons. The Kier molecular flexibility index (Phi) is 6.42. The van der Waals surface area contributed by atoms with E-state index in [2.05, 4.69) is 57.4 Å². The van der Waals surface area contributed by atoms with Crippen molar-refractivity contribution in [2.45, 2.75) is 77.3 Å². The molecule has 0 bridgehead atoms. The van der Waals surface area contributed by atoms with Gasteiger partial charge in [-0.05, 0) is 50.1 Å². The Balaban J connectivity index is 1.36. The highest BCUT2D eigenvalue weighted by molar-refractivity contribution is 5.84. The number of nitrogens with zero attached hydrogens (tertiary/aromatic N) is 3. The standard InChI is InChI=1S/C23H32N4O/c1-2-3-4-5-6-7-8-15-27-16-13-18-17-19(11-12-21(18)27)22-25-23(28-26-22)20-10-9-14-24-20/h11-13,16-17,20,24H,2-10,14-15H2,1H3/t20-/m0/s1. The molecule has 1 saturated heterocycles. The maximum atomic E-state index is 5.49. The Morgan fingerprint density at radius 1 is 1.11 bits per heavy atom. The van der Waals surface area contributed by atoms with Gasteiger partial charge in [-0.1, -0.05) is 50.6 Å². The summed E-state index contributed by atoms with van der Waals surface area (Å²) in [4.78, 5) is 4.62. The molecular weight excluding hydrogens is 348 g/mol. The van der Waals surface area contributed by atoms with Gasteiger partial charge in [-0.2, -0.15) is 4.98 Å². The van der Waals surface area contributed by atoms with Crippen molar-refractivity contribution in [3.63, 3.8) is 0 Å². The first-order valence-electron chi connectivity index (χ1n) is 11.0. The third kappa shape index (κ3) is 4.46. The maximum Gasteiger partial charge on any atom is 0.244 e. The van der Waals surface area contributed by atoms with Gasteiger partial charge in [0.25, 0.3) is 0 Å². The minimum Gasteiger partial charge on any atom is -0.347 e. The average molecular weight is 381 g/mol. The second-order valence-electron chi connectivity index (χ2n) is 8.01. The van der Waals surface area contributed by atoms with Crippen molar-refractivity contribution in [2.75, 3.05) is 6.54 Å². The van der Waals surface area contributed by atoms with E-state index in [1.807, 2.05) is 0 Å². The molecule has 0 unspecified atom stereocenters. The van der Waals surface area contributed by atoms with Crippen LogP contribution in [0, 0.1) is 0 Å². The summed E-state index contributed by atoms with van der Waals surface area (Å²) in [6, 6.07) is 8.89. The number of hydrogen-bond donors (Lipinski definition) is 1. The van der Waals surface area contributed by atoms with E-state index in [1.165, 1.54) is 62.3 Å². The van der Waals surface area contributed by atoms with E-state index in [4.69, 9.17) is 4.52 Å². The third-order valence-electron chi connectivity index (χ3n) is 5.83. The molecule has 1 aliphatic rings. The number of rotatable bonds is 10. The van der Waals surface area contributed by atoms with E-state index in [1.54, 1.807) is 0 Å². The molecule has 0 amide bonds. The molecular formula is C23H32N4O. The molecule has 1 atom stereocenters. The van der Waals surface area contributed by atoms with Crippen molar-refractivity contribution in [1.82, 2.24) is 20.0 Å². The molecule has 2 aromatic heterocycles. The number of aryl methyl sites for hydroxylation is 1. The van der Waals surface area contributed by atoms with Gasteiger partial charge in [0.2, 0.25) is 11.7 Å². The van der Waals surface area contributed by atoms with Gasteiger partial charge in [-0.15, -0.1) is 0 Å². The number of unbranched alkanes of at least 4 members (excludes halogenated alkanes) is 6. The van der Waals surface area contributed by atoms with Gasteiger partial charge < -0.3 is 14.4 Å². The highest BCUT2D eigenvalue weighted by Gasteiger charge is 2.22. The van der Waals surface area contributed by atoms with Crippen LogP contribution in [0.15, 0.2) is 35.0 Å². The van der Waals surface area contributed by atoms with Gasteiger partial charge in [0.05, 0.1) is 6.04 Å². The summed E-state index contributed by atoms with van der Waals surface area (Å²) in [5.74, 6) is 1.40. The average Bonchev–Trinajstić information content (AvgIpc) is 3.46.